The monoisotopic (exact) mass is 266 g/mol. The van der Waals surface area contributed by atoms with Crippen LogP contribution in [0.25, 0.3) is 0 Å². The number of non-ortho nitro benzene ring substituents is 1. The number of hydrogen-bond acceptors (Lipinski definition) is 4. The number of nitro benzene ring substituents is 1. The van der Waals surface area contributed by atoms with E-state index >= 15 is 0 Å². The van der Waals surface area contributed by atoms with Crippen molar-refractivity contribution in [1.82, 2.24) is 0 Å². The molecule has 0 bridgehead atoms. The number of nitrogens with zero attached hydrogens (tertiary/aromatic N) is 2. The minimum atomic E-state index is -0.443. The van der Waals surface area contributed by atoms with E-state index in [2.05, 4.69) is 4.99 Å². The maximum Gasteiger partial charge on any atom is 0.271 e. The molecule has 0 fully saturated rings. The second-order valence-electron chi connectivity index (χ2n) is 3.18. The van der Waals surface area contributed by atoms with Crippen molar-refractivity contribution < 1.29 is 4.92 Å². The van der Waals surface area contributed by atoms with Crippen LogP contribution in [0.3, 0.4) is 0 Å². The lowest BCUT2D eigenvalue weighted by molar-refractivity contribution is -0.384. The summed E-state index contributed by atoms with van der Waals surface area (Å²) in [5.74, 6) is 0. The van der Waals surface area contributed by atoms with Gasteiger partial charge in [-0.2, -0.15) is 0 Å². The fourth-order valence-electron chi connectivity index (χ4n) is 1.22. The number of halogens is 1. The number of rotatable bonds is 3. The van der Waals surface area contributed by atoms with Gasteiger partial charge in [0.1, 0.15) is 0 Å². The van der Waals surface area contributed by atoms with Crippen LogP contribution in [0.4, 0.5) is 11.4 Å². The molecule has 86 valence electrons. The Morgan fingerprint density at radius 3 is 2.82 bits per heavy atom. The van der Waals surface area contributed by atoms with Crippen molar-refractivity contribution in [1.29, 1.82) is 0 Å². The Hall–Kier alpha value is -1.72. The summed E-state index contributed by atoms with van der Waals surface area (Å²) in [5, 5.41) is 10.6. The first-order chi connectivity index (χ1) is 8.15. The van der Waals surface area contributed by atoms with Gasteiger partial charge in [0.05, 0.1) is 14.9 Å². The second-order valence-corrected chi connectivity index (χ2v) is 4.92. The van der Waals surface area contributed by atoms with Gasteiger partial charge in [-0.3, -0.25) is 15.1 Å². The summed E-state index contributed by atoms with van der Waals surface area (Å²) in [6.07, 6.45) is 1.63. The van der Waals surface area contributed by atoms with Crippen LogP contribution in [0.15, 0.2) is 41.4 Å². The molecule has 17 heavy (non-hydrogen) atoms. The molecule has 0 spiro atoms. The van der Waals surface area contributed by atoms with Crippen molar-refractivity contribution >= 4 is 40.5 Å². The third-order valence-electron chi connectivity index (χ3n) is 1.98. The third-order valence-corrected chi connectivity index (χ3v) is 3.14. The van der Waals surface area contributed by atoms with Crippen LogP contribution in [-0.2, 0) is 0 Å². The molecule has 2 rings (SSSR count). The molecule has 2 aromatic rings. The van der Waals surface area contributed by atoms with E-state index in [0.717, 1.165) is 4.88 Å². The molecular formula is C11H7ClN2O2S. The Morgan fingerprint density at radius 1 is 1.35 bits per heavy atom. The zero-order valence-corrected chi connectivity index (χ0v) is 10.1. The van der Waals surface area contributed by atoms with E-state index in [0.29, 0.717) is 10.0 Å². The first kappa shape index (κ1) is 11.8. The normalized spacial score (nSPS) is 10.9. The van der Waals surface area contributed by atoms with E-state index in [1.807, 2.05) is 6.07 Å². The number of benzene rings is 1. The molecule has 0 aliphatic heterocycles. The molecule has 6 heteroatoms. The Morgan fingerprint density at radius 2 is 2.18 bits per heavy atom. The largest absolute Gasteiger partial charge is 0.271 e. The van der Waals surface area contributed by atoms with Gasteiger partial charge in [0.15, 0.2) is 0 Å². The van der Waals surface area contributed by atoms with Crippen LogP contribution in [0.2, 0.25) is 4.34 Å². The van der Waals surface area contributed by atoms with Crippen molar-refractivity contribution in [2.75, 3.05) is 0 Å². The molecule has 0 aliphatic rings. The number of hydrogen-bond donors (Lipinski definition) is 0. The molecule has 0 N–H and O–H groups in total. The number of nitro groups is 1. The summed E-state index contributed by atoms with van der Waals surface area (Å²) in [6, 6.07) is 9.78. The van der Waals surface area contributed by atoms with E-state index < -0.39 is 4.92 Å². The highest BCUT2D eigenvalue weighted by molar-refractivity contribution is 7.17. The van der Waals surface area contributed by atoms with Crippen LogP contribution in [-0.4, -0.2) is 11.1 Å². The minimum Gasteiger partial charge on any atom is -0.258 e. The minimum absolute atomic E-state index is 0.0314. The topological polar surface area (TPSA) is 55.5 Å². The molecule has 0 saturated carbocycles. The van der Waals surface area contributed by atoms with Crippen molar-refractivity contribution in [3.63, 3.8) is 0 Å². The Labute approximate surface area is 106 Å². The zero-order chi connectivity index (χ0) is 12.3. The zero-order valence-electron chi connectivity index (χ0n) is 8.54. The summed E-state index contributed by atoms with van der Waals surface area (Å²) >= 11 is 7.18. The summed E-state index contributed by atoms with van der Waals surface area (Å²) in [4.78, 5) is 15.2. The first-order valence-corrected chi connectivity index (χ1v) is 5.88. The van der Waals surface area contributed by atoms with Gasteiger partial charge >= 0.3 is 0 Å². The van der Waals surface area contributed by atoms with Crippen LogP contribution < -0.4 is 0 Å². The van der Waals surface area contributed by atoms with Crippen molar-refractivity contribution in [2.24, 2.45) is 4.99 Å². The second kappa shape index (κ2) is 5.07. The van der Waals surface area contributed by atoms with Crippen molar-refractivity contribution in [3.05, 3.63) is 55.7 Å². The van der Waals surface area contributed by atoms with Crippen molar-refractivity contribution in [3.8, 4) is 0 Å². The predicted octanol–water partition coefficient (Wildman–Crippen LogP) is 4.06. The fourth-order valence-corrected chi connectivity index (χ4v) is 2.16. The smallest absolute Gasteiger partial charge is 0.258 e. The van der Waals surface area contributed by atoms with E-state index in [-0.39, 0.29) is 5.69 Å². The van der Waals surface area contributed by atoms with Crippen LogP contribution in [0.1, 0.15) is 4.88 Å². The molecule has 0 amide bonds. The maximum atomic E-state index is 10.6. The predicted molar refractivity (Wildman–Crippen MR) is 69.7 cm³/mol. The van der Waals surface area contributed by atoms with Gasteiger partial charge < -0.3 is 0 Å². The molecule has 0 atom stereocenters. The highest BCUT2D eigenvalue weighted by atomic mass is 35.5. The SMILES string of the molecule is O=[N+]([O-])c1cccc(N=Cc2ccc(Cl)s2)c1. The Kier molecular flexibility index (Phi) is 3.51. The average molecular weight is 267 g/mol. The van der Waals surface area contributed by atoms with Crippen LogP contribution in [0, 0.1) is 10.1 Å². The van der Waals surface area contributed by atoms with Crippen LogP contribution >= 0.6 is 22.9 Å². The van der Waals surface area contributed by atoms with E-state index in [1.54, 1.807) is 24.4 Å². The summed E-state index contributed by atoms with van der Waals surface area (Å²) in [7, 11) is 0. The van der Waals surface area contributed by atoms with Gasteiger partial charge in [-0.15, -0.1) is 11.3 Å². The quantitative estimate of drug-likeness (QED) is 0.478. The molecular weight excluding hydrogens is 260 g/mol. The fraction of sp³-hybridized carbons (Fsp3) is 0. The van der Waals surface area contributed by atoms with E-state index in [1.165, 1.54) is 23.5 Å². The standard InChI is InChI=1S/C11H7ClN2O2S/c12-11-5-4-10(17-11)7-13-8-2-1-3-9(6-8)14(15)16/h1-7H. The van der Waals surface area contributed by atoms with E-state index in [4.69, 9.17) is 11.6 Å². The van der Waals surface area contributed by atoms with Gasteiger partial charge in [-0.05, 0) is 18.2 Å². The van der Waals surface area contributed by atoms with Crippen LogP contribution in [0.5, 0.6) is 0 Å². The highest BCUT2D eigenvalue weighted by Crippen LogP contribution is 2.22. The average Bonchev–Trinajstić information content (AvgIpc) is 2.73. The van der Waals surface area contributed by atoms with Crippen molar-refractivity contribution in [2.45, 2.75) is 0 Å². The van der Waals surface area contributed by atoms with E-state index in [9.17, 15) is 10.1 Å². The summed E-state index contributed by atoms with van der Waals surface area (Å²) in [5.41, 5.74) is 0.576. The lowest BCUT2D eigenvalue weighted by Gasteiger charge is -1.93. The highest BCUT2D eigenvalue weighted by Gasteiger charge is 2.04. The van der Waals surface area contributed by atoms with Gasteiger partial charge in [-0.25, -0.2) is 0 Å². The molecule has 1 heterocycles. The van der Waals surface area contributed by atoms with Gasteiger partial charge in [0.2, 0.25) is 0 Å². The Balaban J connectivity index is 2.21. The molecule has 0 saturated heterocycles. The summed E-state index contributed by atoms with van der Waals surface area (Å²) in [6.45, 7) is 0. The van der Waals surface area contributed by atoms with Gasteiger partial charge in [0, 0.05) is 23.2 Å². The molecule has 1 aromatic heterocycles. The molecule has 0 unspecified atom stereocenters. The maximum absolute atomic E-state index is 10.6. The third kappa shape index (κ3) is 3.12. The first-order valence-electron chi connectivity index (χ1n) is 4.69. The number of thiophene rings is 1. The lowest BCUT2D eigenvalue weighted by Crippen LogP contribution is -1.86. The Bertz CT molecular complexity index is 580. The summed E-state index contributed by atoms with van der Waals surface area (Å²) < 4.78 is 0.686. The lowest BCUT2D eigenvalue weighted by atomic mass is 10.3. The molecule has 0 aliphatic carbocycles. The molecule has 1 aromatic carbocycles. The molecule has 0 radical (unpaired) electrons. The molecule has 4 nitrogen and oxygen atoms in total. The van der Waals surface area contributed by atoms with Gasteiger partial charge in [-0.1, -0.05) is 17.7 Å². The number of aliphatic imine (C=N–C) groups is 1. The van der Waals surface area contributed by atoms with Gasteiger partial charge in [0.25, 0.3) is 5.69 Å².